The molecule has 0 aliphatic rings. The molecule has 0 spiro atoms. The van der Waals surface area contributed by atoms with Gasteiger partial charge in [0.2, 0.25) is 5.91 Å². The first kappa shape index (κ1) is 22.5. The monoisotopic (exact) mass is 420 g/mol. The number of carboxylic acids is 1. The third-order valence-electron chi connectivity index (χ3n) is 4.50. The van der Waals surface area contributed by atoms with Crippen molar-refractivity contribution in [3.63, 3.8) is 0 Å². The standard InChI is InChI=1S/C21H25ClN2O5/c1-13-4-6-15(11-16(13)22)24-20(25)12-17(21(26)27)23-9-8-14-5-7-18(28-2)19(10-14)29-3/h4-7,10-11,17,23H,8-9,12H2,1-3H3,(H,24,25)(H,26,27)/t17-/m1/s1. The fraction of sp³-hybridized carbons (Fsp3) is 0.333. The number of nitrogens with two attached hydrogens (primary N) is 1. The number of hydrogen-bond donors (Lipinski definition) is 2. The van der Waals surface area contributed by atoms with Gasteiger partial charge in [-0.05, 0) is 42.3 Å². The largest absolute Gasteiger partial charge is 0.544 e. The molecule has 0 aliphatic carbocycles. The number of carbonyl (C=O) groups excluding carboxylic acids is 2. The van der Waals surface area contributed by atoms with E-state index in [9.17, 15) is 14.7 Å². The van der Waals surface area contributed by atoms with Crippen LogP contribution < -0.4 is 25.2 Å². The Kier molecular flexibility index (Phi) is 8.30. The Morgan fingerprint density at radius 2 is 1.86 bits per heavy atom. The SMILES string of the molecule is COc1ccc(CC[NH2+][C@H](CC(=O)Nc2ccc(C)c(Cl)c2)C(=O)[O-])cc1OC. The molecule has 7 nitrogen and oxygen atoms in total. The van der Waals surface area contributed by atoms with Crippen molar-refractivity contribution in [2.75, 3.05) is 26.1 Å². The van der Waals surface area contributed by atoms with Gasteiger partial charge in [0.25, 0.3) is 0 Å². The fourth-order valence-electron chi connectivity index (χ4n) is 2.83. The van der Waals surface area contributed by atoms with Crippen molar-refractivity contribution < 1.29 is 29.5 Å². The van der Waals surface area contributed by atoms with Crippen LogP contribution in [0.3, 0.4) is 0 Å². The minimum Gasteiger partial charge on any atom is -0.544 e. The van der Waals surface area contributed by atoms with Gasteiger partial charge in [0.15, 0.2) is 11.5 Å². The van der Waals surface area contributed by atoms with Crippen molar-refractivity contribution in [2.24, 2.45) is 0 Å². The number of rotatable bonds is 10. The van der Waals surface area contributed by atoms with Crippen LogP contribution in [0.1, 0.15) is 17.5 Å². The lowest BCUT2D eigenvalue weighted by molar-refractivity contribution is -0.682. The number of amides is 1. The predicted molar refractivity (Wildman–Crippen MR) is 108 cm³/mol. The van der Waals surface area contributed by atoms with E-state index in [4.69, 9.17) is 21.1 Å². The summed E-state index contributed by atoms with van der Waals surface area (Å²) in [6.07, 6.45) is 0.388. The number of hydrogen-bond acceptors (Lipinski definition) is 5. The van der Waals surface area contributed by atoms with E-state index < -0.39 is 17.9 Å². The number of methoxy groups -OCH3 is 2. The maximum Gasteiger partial charge on any atom is 0.230 e. The summed E-state index contributed by atoms with van der Waals surface area (Å²) in [5, 5.41) is 16.2. The van der Waals surface area contributed by atoms with E-state index in [0.717, 1.165) is 11.1 Å². The summed E-state index contributed by atoms with van der Waals surface area (Å²) in [7, 11) is 3.12. The lowest BCUT2D eigenvalue weighted by atomic mass is 10.1. The van der Waals surface area contributed by atoms with Gasteiger partial charge >= 0.3 is 0 Å². The van der Waals surface area contributed by atoms with Crippen molar-refractivity contribution in [3.05, 3.63) is 52.5 Å². The first-order valence-corrected chi connectivity index (χ1v) is 9.53. The highest BCUT2D eigenvalue weighted by Gasteiger charge is 2.18. The summed E-state index contributed by atoms with van der Waals surface area (Å²) in [6.45, 7) is 2.32. The van der Waals surface area contributed by atoms with Crippen LogP contribution in [0.5, 0.6) is 11.5 Å². The summed E-state index contributed by atoms with van der Waals surface area (Å²) in [6, 6.07) is 9.66. The number of aryl methyl sites for hydroxylation is 1. The number of quaternary nitrogens is 1. The van der Waals surface area contributed by atoms with E-state index in [1.165, 1.54) is 0 Å². The molecule has 0 bridgehead atoms. The number of nitrogens with one attached hydrogen (secondary N) is 1. The van der Waals surface area contributed by atoms with E-state index in [1.807, 2.05) is 19.1 Å². The molecule has 1 amide bonds. The van der Waals surface area contributed by atoms with Crippen LogP contribution in [0.25, 0.3) is 0 Å². The molecule has 8 heteroatoms. The van der Waals surface area contributed by atoms with E-state index in [2.05, 4.69) is 5.32 Å². The Balaban J connectivity index is 1.90. The van der Waals surface area contributed by atoms with Gasteiger partial charge in [0, 0.05) is 17.1 Å². The molecule has 156 valence electrons. The molecule has 0 radical (unpaired) electrons. The van der Waals surface area contributed by atoms with Crippen LogP contribution in [-0.4, -0.2) is 38.7 Å². The van der Waals surface area contributed by atoms with Gasteiger partial charge in [-0.2, -0.15) is 0 Å². The predicted octanol–water partition coefficient (Wildman–Crippen LogP) is 0.919. The second-order valence-corrected chi connectivity index (χ2v) is 7.01. The Labute approximate surface area is 175 Å². The van der Waals surface area contributed by atoms with Gasteiger partial charge in [-0.1, -0.05) is 23.7 Å². The maximum atomic E-state index is 12.2. The molecule has 0 fully saturated rings. The Bertz CT molecular complexity index is 872. The summed E-state index contributed by atoms with van der Waals surface area (Å²) >= 11 is 6.04. The maximum absolute atomic E-state index is 12.2. The lowest BCUT2D eigenvalue weighted by Gasteiger charge is -2.17. The minimum atomic E-state index is -1.28. The second kappa shape index (κ2) is 10.7. The van der Waals surface area contributed by atoms with Crippen molar-refractivity contribution in [2.45, 2.75) is 25.8 Å². The highest BCUT2D eigenvalue weighted by atomic mass is 35.5. The number of halogens is 1. The van der Waals surface area contributed by atoms with E-state index >= 15 is 0 Å². The highest BCUT2D eigenvalue weighted by molar-refractivity contribution is 6.31. The first-order chi connectivity index (χ1) is 13.8. The van der Waals surface area contributed by atoms with Gasteiger partial charge in [-0.15, -0.1) is 0 Å². The molecule has 29 heavy (non-hydrogen) atoms. The highest BCUT2D eigenvalue weighted by Crippen LogP contribution is 2.27. The molecule has 3 N–H and O–H groups in total. The normalized spacial score (nSPS) is 11.6. The molecule has 0 heterocycles. The van der Waals surface area contributed by atoms with Crippen molar-refractivity contribution >= 4 is 29.2 Å². The average Bonchev–Trinajstić information content (AvgIpc) is 2.69. The zero-order chi connectivity index (χ0) is 21.4. The van der Waals surface area contributed by atoms with Gasteiger partial charge < -0.3 is 30.0 Å². The summed E-state index contributed by atoms with van der Waals surface area (Å²) < 4.78 is 10.5. The molecule has 0 aromatic heterocycles. The average molecular weight is 421 g/mol. The molecule has 2 rings (SSSR count). The molecule has 0 saturated carbocycles. The van der Waals surface area contributed by atoms with Gasteiger partial charge in [-0.25, -0.2) is 0 Å². The molecule has 1 atom stereocenters. The third-order valence-corrected chi connectivity index (χ3v) is 4.90. The smallest absolute Gasteiger partial charge is 0.230 e. The number of anilines is 1. The van der Waals surface area contributed by atoms with Gasteiger partial charge in [0.1, 0.15) is 6.04 Å². The number of ether oxygens (including phenoxy) is 2. The topological polar surface area (TPSA) is 104 Å². The van der Waals surface area contributed by atoms with E-state index in [0.29, 0.717) is 35.2 Å². The van der Waals surface area contributed by atoms with E-state index in [1.54, 1.807) is 43.8 Å². The van der Waals surface area contributed by atoms with E-state index in [-0.39, 0.29) is 6.42 Å². The summed E-state index contributed by atoms with van der Waals surface area (Å²) in [5.74, 6) is -0.464. The third kappa shape index (κ3) is 6.66. The zero-order valence-corrected chi connectivity index (χ0v) is 17.4. The Morgan fingerprint density at radius 1 is 1.14 bits per heavy atom. The lowest BCUT2D eigenvalue weighted by Crippen LogP contribution is -2.93. The van der Waals surface area contributed by atoms with Gasteiger partial charge in [0.05, 0.1) is 33.2 Å². The first-order valence-electron chi connectivity index (χ1n) is 9.15. The van der Waals surface area contributed by atoms with Crippen LogP contribution in [0.15, 0.2) is 36.4 Å². The number of carbonyl (C=O) groups is 2. The zero-order valence-electron chi connectivity index (χ0n) is 16.7. The molecular weight excluding hydrogens is 396 g/mol. The Morgan fingerprint density at radius 3 is 2.48 bits per heavy atom. The van der Waals surface area contributed by atoms with Gasteiger partial charge in [-0.3, -0.25) is 4.79 Å². The van der Waals surface area contributed by atoms with Crippen LogP contribution in [-0.2, 0) is 16.0 Å². The van der Waals surface area contributed by atoms with Crippen LogP contribution in [0.4, 0.5) is 5.69 Å². The second-order valence-electron chi connectivity index (χ2n) is 6.61. The number of carboxylic acid groups (broad SMARTS) is 1. The summed E-state index contributed by atoms with van der Waals surface area (Å²) in [4.78, 5) is 23.6. The summed E-state index contributed by atoms with van der Waals surface area (Å²) in [5.41, 5.74) is 2.38. The molecule has 0 saturated heterocycles. The van der Waals surface area contributed by atoms with Crippen molar-refractivity contribution in [1.29, 1.82) is 0 Å². The fourth-order valence-corrected chi connectivity index (χ4v) is 3.01. The van der Waals surface area contributed by atoms with Crippen LogP contribution in [0.2, 0.25) is 5.02 Å². The number of aliphatic carboxylic acids is 1. The minimum absolute atomic E-state index is 0.209. The molecule has 0 unspecified atom stereocenters. The quantitative estimate of drug-likeness (QED) is 0.594. The number of benzene rings is 2. The molecule has 2 aromatic rings. The van der Waals surface area contributed by atoms with Crippen molar-refractivity contribution in [3.8, 4) is 11.5 Å². The molecular formula is C21H25ClN2O5. The Hall–Kier alpha value is -2.77. The van der Waals surface area contributed by atoms with Crippen molar-refractivity contribution in [1.82, 2.24) is 0 Å². The van der Waals surface area contributed by atoms with Crippen LogP contribution in [0, 0.1) is 6.92 Å². The molecule has 2 aromatic carbocycles. The van der Waals surface area contributed by atoms with Crippen LogP contribution >= 0.6 is 11.6 Å². The molecule has 0 aliphatic heterocycles.